The van der Waals surface area contributed by atoms with Crippen molar-refractivity contribution < 1.29 is 9.66 Å². The molecule has 0 fully saturated rings. The zero-order valence-electron chi connectivity index (χ0n) is 8.05. The van der Waals surface area contributed by atoms with Gasteiger partial charge in [-0.1, -0.05) is 12.6 Å². The number of nitrogens with zero attached hydrogens (tertiary/aromatic N) is 1. The van der Waals surface area contributed by atoms with Crippen molar-refractivity contribution in [2.24, 2.45) is 0 Å². The van der Waals surface area contributed by atoms with E-state index in [0.717, 1.165) is 5.57 Å². The Kier molecular flexibility index (Phi) is 4.17. The first-order valence-corrected chi connectivity index (χ1v) is 4.91. The molecule has 5 heteroatoms. The molecule has 1 aromatic carbocycles. The zero-order valence-corrected chi connectivity index (χ0v) is 8.94. The first kappa shape index (κ1) is 11.6. The normalized spacial score (nSPS) is 9.67. The third kappa shape index (κ3) is 3.63. The van der Waals surface area contributed by atoms with Crippen molar-refractivity contribution in [1.29, 1.82) is 0 Å². The average Bonchev–Trinajstić information content (AvgIpc) is 2.26. The van der Waals surface area contributed by atoms with Gasteiger partial charge in [0.05, 0.1) is 11.0 Å². The lowest BCUT2D eigenvalue weighted by molar-refractivity contribution is -0.384. The highest BCUT2D eigenvalue weighted by Crippen LogP contribution is 2.19. The van der Waals surface area contributed by atoms with E-state index in [1.54, 1.807) is 12.1 Å². The second kappa shape index (κ2) is 5.41. The highest BCUT2D eigenvalue weighted by Gasteiger charge is 2.06. The molecule has 0 bridgehead atoms. The number of thiol groups is 1. The molecule has 0 N–H and O–H groups in total. The number of non-ortho nitro benzene ring substituents is 1. The van der Waals surface area contributed by atoms with Crippen molar-refractivity contribution in [2.45, 2.75) is 0 Å². The van der Waals surface area contributed by atoms with Crippen LogP contribution in [0.3, 0.4) is 0 Å². The fraction of sp³-hybridized carbons (Fsp3) is 0.200. The quantitative estimate of drug-likeness (QED) is 0.362. The lowest BCUT2D eigenvalue weighted by atomic mass is 10.3. The van der Waals surface area contributed by atoms with Crippen molar-refractivity contribution in [2.75, 3.05) is 12.4 Å². The molecule has 4 nitrogen and oxygen atoms in total. The molecule has 0 atom stereocenters. The third-order valence-corrected chi connectivity index (χ3v) is 2.14. The molecule has 1 rings (SSSR count). The molecular formula is C10H11NO3S. The largest absolute Gasteiger partial charge is 0.489 e. The first-order chi connectivity index (χ1) is 7.13. The molecule has 0 aromatic heterocycles. The number of nitro benzene ring substituents is 1. The molecule has 0 unspecified atom stereocenters. The van der Waals surface area contributed by atoms with Gasteiger partial charge in [-0.3, -0.25) is 10.1 Å². The summed E-state index contributed by atoms with van der Waals surface area (Å²) < 4.78 is 5.30. The van der Waals surface area contributed by atoms with Gasteiger partial charge < -0.3 is 4.74 Å². The van der Waals surface area contributed by atoms with Crippen molar-refractivity contribution in [3.05, 3.63) is 46.5 Å². The molecule has 0 aliphatic carbocycles. The third-order valence-electron chi connectivity index (χ3n) is 1.70. The summed E-state index contributed by atoms with van der Waals surface area (Å²) in [5.74, 6) is 1.00. The molecule has 0 heterocycles. The molecule has 0 radical (unpaired) electrons. The van der Waals surface area contributed by atoms with Gasteiger partial charge in [-0.05, 0) is 11.6 Å². The Balaban J connectivity index is 2.66. The Morgan fingerprint density at radius 3 is 2.93 bits per heavy atom. The molecule has 0 aliphatic heterocycles. The molecule has 80 valence electrons. The number of rotatable bonds is 5. The summed E-state index contributed by atoms with van der Waals surface area (Å²) in [6.07, 6.45) is 0. The molecule has 0 aliphatic rings. The monoisotopic (exact) mass is 225 g/mol. The number of ether oxygens (including phenoxy) is 1. The van der Waals surface area contributed by atoms with Gasteiger partial charge in [0, 0.05) is 11.8 Å². The van der Waals surface area contributed by atoms with Crippen LogP contribution >= 0.6 is 12.6 Å². The van der Waals surface area contributed by atoms with E-state index in [9.17, 15) is 10.1 Å². The van der Waals surface area contributed by atoms with Gasteiger partial charge in [0.25, 0.3) is 5.69 Å². The lowest BCUT2D eigenvalue weighted by Gasteiger charge is -2.06. The van der Waals surface area contributed by atoms with E-state index >= 15 is 0 Å². The van der Waals surface area contributed by atoms with Crippen molar-refractivity contribution in [1.82, 2.24) is 0 Å². The van der Waals surface area contributed by atoms with Gasteiger partial charge in [0.2, 0.25) is 0 Å². The predicted molar refractivity (Wildman–Crippen MR) is 61.6 cm³/mol. The van der Waals surface area contributed by atoms with Gasteiger partial charge in [-0.15, -0.1) is 0 Å². The Morgan fingerprint density at radius 2 is 2.33 bits per heavy atom. The number of hydrogen-bond donors (Lipinski definition) is 1. The van der Waals surface area contributed by atoms with Crippen LogP contribution < -0.4 is 4.74 Å². The molecule has 15 heavy (non-hydrogen) atoms. The number of benzene rings is 1. The fourth-order valence-corrected chi connectivity index (χ4v) is 1.01. The van der Waals surface area contributed by atoms with Crippen LogP contribution in [0.1, 0.15) is 0 Å². The van der Waals surface area contributed by atoms with E-state index in [4.69, 9.17) is 4.74 Å². The summed E-state index contributed by atoms with van der Waals surface area (Å²) in [4.78, 5) is 10.0. The van der Waals surface area contributed by atoms with E-state index in [-0.39, 0.29) is 5.69 Å². The van der Waals surface area contributed by atoms with Crippen LogP contribution in [0.15, 0.2) is 36.4 Å². The summed E-state index contributed by atoms with van der Waals surface area (Å²) in [6, 6.07) is 6.04. The highest BCUT2D eigenvalue weighted by molar-refractivity contribution is 7.80. The van der Waals surface area contributed by atoms with E-state index < -0.39 is 4.92 Å². The molecule has 1 aromatic rings. The summed E-state index contributed by atoms with van der Waals surface area (Å²) >= 11 is 4.03. The number of hydrogen-bond acceptors (Lipinski definition) is 4. The van der Waals surface area contributed by atoms with E-state index in [0.29, 0.717) is 18.1 Å². The maximum absolute atomic E-state index is 10.5. The van der Waals surface area contributed by atoms with Crippen LogP contribution in [0.2, 0.25) is 0 Å². The van der Waals surface area contributed by atoms with Crippen LogP contribution in [0.4, 0.5) is 5.69 Å². The van der Waals surface area contributed by atoms with Crippen LogP contribution in [0, 0.1) is 10.1 Å². The Morgan fingerprint density at radius 1 is 1.60 bits per heavy atom. The fourth-order valence-electron chi connectivity index (χ4n) is 0.918. The van der Waals surface area contributed by atoms with Crippen molar-refractivity contribution in [3.63, 3.8) is 0 Å². The van der Waals surface area contributed by atoms with E-state index in [1.807, 2.05) is 0 Å². The van der Waals surface area contributed by atoms with Crippen LogP contribution in [-0.2, 0) is 0 Å². The Bertz CT molecular complexity index is 379. The minimum absolute atomic E-state index is 0.0176. The number of nitro groups is 1. The summed E-state index contributed by atoms with van der Waals surface area (Å²) in [7, 11) is 0. The van der Waals surface area contributed by atoms with Gasteiger partial charge in [-0.25, -0.2) is 0 Å². The minimum Gasteiger partial charge on any atom is -0.489 e. The van der Waals surface area contributed by atoms with Crippen molar-refractivity contribution in [3.8, 4) is 5.75 Å². The lowest BCUT2D eigenvalue weighted by Crippen LogP contribution is -2.01. The second-order valence-electron chi connectivity index (χ2n) is 2.95. The van der Waals surface area contributed by atoms with Gasteiger partial charge in [-0.2, -0.15) is 12.6 Å². The molecular weight excluding hydrogens is 214 g/mol. The Hall–Kier alpha value is -1.49. The highest BCUT2D eigenvalue weighted by atomic mass is 32.1. The standard InChI is InChI=1S/C10H11NO3S/c1-8(7-15)6-14-10-4-2-3-9(5-10)11(12)13/h2-5,15H,1,6-7H2. The van der Waals surface area contributed by atoms with E-state index in [1.165, 1.54) is 12.1 Å². The maximum atomic E-state index is 10.5. The molecule has 0 saturated carbocycles. The minimum atomic E-state index is -0.458. The molecule has 0 spiro atoms. The second-order valence-corrected chi connectivity index (χ2v) is 3.27. The van der Waals surface area contributed by atoms with Crippen LogP contribution in [0.5, 0.6) is 5.75 Å². The summed E-state index contributed by atoms with van der Waals surface area (Å²) in [5, 5.41) is 10.5. The molecule has 0 saturated heterocycles. The van der Waals surface area contributed by atoms with Gasteiger partial charge in [0.15, 0.2) is 0 Å². The van der Waals surface area contributed by atoms with E-state index in [2.05, 4.69) is 19.2 Å². The molecule has 0 amide bonds. The van der Waals surface area contributed by atoms with Gasteiger partial charge in [0.1, 0.15) is 12.4 Å². The average molecular weight is 225 g/mol. The predicted octanol–water partition coefficient (Wildman–Crippen LogP) is 2.46. The van der Waals surface area contributed by atoms with Crippen molar-refractivity contribution >= 4 is 18.3 Å². The summed E-state index contributed by atoms with van der Waals surface area (Å²) in [6.45, 7) is 4.03. The summed E-state index contributed by atoms with van der Waals surface area (Å²) in [5.41, 5.74) is 0.842. The van der Waals surface area contributed by atoms with Crippen LogP contribution in [0.25, 0.3) is 0 Å². The van der Waals surface area contributed by atoms with Gasteiger partial charge >= 0.3 is 0 Å². The smallest absolute Gasteiger partial charge is 0.273 e. The first-order valence-electron chi connectivity index (χ1n) is 4.28. The van der Waals surface area contributed by atoms with Crippen LogP contribution in [-0.4, -0.2) is 17.3 Å². The topological polar surface area (TPSA) is 52.4 Å². The maximum Gasteiger partial charge on any atom is 0.273 e. The zero-order chi connectivity index (χ0) is 11.3. The SMILES string of the molecule is C=C(CS)COc1cccc([N+](=O)[O-])c1. The Labute approximate surface area is 93.1 Å².